The average molecular weight is 485 g/mol. The van der Waals surface area contributed by atoms with Crippen LogP contribution in [0.3, 0.4) is 0 Å². The highest BCUT2D eigenvalue weighted by molar-refractivity contribution is 6.34. The molecule has 0 radical (unpaired) electrons. The lowest BCUT2D eigenvalue weighted by Crippen LogP contribution is -2.29. The molecule has 0 spiro atoms. The number of hydroxylamine groups is 2. The molecule has 8 nitrogen and oxygen atoms in total. The van der Waals surface area contributed by atoms with Crippen molar-refractivity contribution >= 4 is 46.9 Å². The molecule has 4 rings (SSSR count). The summed E-state index contributed by atoms with van der Waals surface area (Å²) in [4.78, 5) is 22.0. The summed E-state index contributed by atoms with van der Waals surface area (Å²) >= 11 is 11.8. The molecule has 0 aliphatic carbocycles. The predicted molar refractivity (Wildman–Crippen MR) is 114 cm³/mol. The van der Waals surface area contributed by atoms with Crippen LogP contribution in [0.2, 0.25) is 10.0 Å². The monoisotopic (exact) mass is 484 g/mol. The molecular weight excluding hydrogens is 472 g/mol. The smallest absolute Gasteiger partial charge is 0.374 e. The van der Waals surface area contributed by atoms with Crippen molar-refractivity contribution in [3.8, 4) is 5.75 Å². The number of carbonyl (C=O) groups excluding carboxylic acids is 1. The van der Waals surface area contributed by atoms with Crippen LogP contribution in [0.5, 0.6) is 5.75 Å². The van der Waals surface area contributed by atoms with Crippen molar-refractivity contribution in [3.05, 3.63) is 75.8 Å². The highest BCUT2D eigenvalue weighted by Gasteiger charge is 2.33. The Bertz CT molecular complexity index is 1170. The maximum Gasteiger partial charge on any atom is 0.417 e. The average Bonchev–Trinajstić information content (AvgIpc) is 3.21. The molecule has 0 saturated heterocycles. The van der Waals surface area contributed by atoms with Crippen LogP contribution >= 0.6 is 23.2 Å². The molecule has 0 atom stereocenters. The van der Waals surface area contributed by atoms with Gasteiger partial charge in [0.25, 0.3) is 0 Å². The molecule has 2 amide bonds. The molecule has 0 bridgehead atoms. The number of benzene rings is 2. The van der Waals surface area contributed by atoms with Gasteiger partial charge in [-0.05, 0) is 30.3 Å². The predicted octanol–water partition coefficient (Wildman–Crippen LogP) is 5.08. The Morgan fingerprint density at radius 1 is 1.09 bits per heavy atom. The van der Waals surface area contributed by atoms with E-state index >= 15 is 0 Å². The second-order valence-corrected chi connectivity index (χ2v) is 7.25. The lowest BCUT2D eigenvalue weighted by Gasteiger charge is -2.23. The first-order valence-electron chi connectivity index (χ1n) is 8.88. The fourth-order valence-corrected chi connectivity index (χ4v) is 3.22. The molecule has 2 aromatic carbocycles. The summed E-state index contributed by atoms with van der Waals surface area (Å²) in [6.45, 7) is 0. The molecule has 0 aromatic heterocycles. The summed E-state index contributed by atoms with van der Waals surface area (Å²) < 4.78 is 38.9. The van der Waals surface area contributed by atoms with Crippen molar-refractivity contribution in [2.75, 3.05) is 10.6 Å². The summed E-state index contributed by atoms with van der Waals surface area (Å²) in [5.74, 6) is 0.356. The molecule has 2 aliphatic heterocycles. The third kappa shape index (κ3) is 4.68. The number of carbonyl (C=O) groups is 1. The molecule has 2 aromatic rings. The van der Waals surface area contributed by atoms with Crippen LogP contribution in [-0.2, 0) is 6.18 Å². The zero-order chi connectivity index (χ0) is 22.9. The van der Waals surface area contributed by atoms with E-state index in [1.807, 2.05) is 0 Å². The third-order valence-corrected chi connectivity index (χ3v) is 4.87. The van der Waals surface area contributed by atoms with Gasteiger partial charge in [0.1, 0.15) is 17.7 Å². The molecule has 4 N–H and O–H groups in total. The van der Waals surface area contributed by atoms with E-state index in [4.69, 9.17) is 28.0 Å². The Morgan fingerprint density at radius 3 is 2.66 bits per heavy atom. The second kappa shape index (κ2) is 8.52. The highest BCUT2D eigenvalue weighted by atomic mass is 35.5. The molecule has 2 heterocycles. The highest BCUT2D eigenvalue weighted by Crippen LogP contribution is 2.36. The number of hydrazine groups is 1. The van der Waals surface area contributed by atoms with Crippen molar-refractivity contribution in [1.82, 2.24) is 15.9 Å². The maximum absolute atomic E-state index is 13.0. The zero-order valence-corrected chi connectivity index (χ0v) is 17.3. The van der Waals surface area contributed by atoms with Crippen molar-refractivity contribution in [3.63, 3.8) is 0 Å². The Labute approximate surface area is 189 Å². The van der Waals surface area contributed by atoms with Gasteiger partial charge in [-0.25, -0.2) is 9.79 Å². The minimum absolute atomic E-state index is 0.0874. The number of hydrogen-bond acceptors (Lipinski definition) is 6. The number of aliphatic imine (C=N–C) groups is 1. The van der Waals surface area contributed by atoms with Crippen molar-refractivity contribution in [2.45, 2.75) is 6.18 Å². The topological polar surface area (TPSA) is 90.0 Å². The van der Waals surface area contributed by atoms with E-state index in [0.29, 0.717) is 17.1 Å². The lowest BCUT2D eigenvalue weighted by molar-refractivity contribution is -0.137. The van der Waals surface area contributed by atoms with E-state index in [-0.39, 0.29) is 16.4 Å². The van der Waals surface area contributed by atoms with Crippen LogP contribution in [0.15, 0.2) is 65.2 Å². The Kier molecular flexibility index (Phi) is 5.76. The SMILES string of the molecule is O=C(Nc1ccc(Cl)c(C(F)(F)F)c1)Nc1ccc(ON2C=NC=C3NNC=C32)cc1Cl. The van der Waals surface area contributed by atoms with Crippen LogP contribution in [-0.4, -0.2) is 17.4 Å². The fourth-order valence-electron chi connectivity index (χ4n) is 2.78. The first-order valence-corrected chi connectivity index (χ1v) is 9.63. The van der Waals surface area contributed by atoms with Gasteiger partial charge in [0.05, 0.1) is 27.5 Å². The Morgan fingerprint density at radius 2 is 1.91 bits per heavy atom. The number of urea groups is 1. The summed E-state index contributed by atoms with van der Waals surface area (Å²) in [6, 6.07) is 6.75. The number of anilines is 2. The van der Waals surface area contributed by atoms with Crippen LogP contribution < -0.4 is 26.3 Å². The van der Waals surface area contributed by atoms with E-state index in [1.165, 1.54) is 29.6 Å². The van der Waals surface area contributed by atoms with Crippen LogP contribution in [0.4, 0.5) is 29.3 Å². The summed E-state index contributed by atoms with van der Waals surface area (Å²) in [6.07, 6.45) is 0.0992. The van der Waals surface area contributed by atoms with Gasteiger partial charge in [0.2, 0.25) is 0 Å². The van der Waals surface area contributed by atoms with E-state index < -0.39 is 22.8 Å². The number of amides is 2. The minimum Gasteiger partial charge on any atom is -0.374 e. The first kappa shape index (κ1) is 21.7. The van der Waals surface area contributed by atoms with E-state index in [9.17, 15) is 18.0 Å². The van der Waals surface area contributed by atoms with Gasteiger partial charge < -0.3 is 20.9 Å². The lowest BCUT2D eigenvalue weighted by atomic mass is 10.2. The number of rotatable bonds is 4. The quantitative estimate of drug-likeness (QED) is 0.485. The van der Waals surface area contributed by atoms with Crippen LogP contribution in [0, 0.1) is 0 Å². The fraction of sp³-hybridized carbons (Fsp3) is 0.0526. The molecule has 0 saturated carbocycles. The largest absolute Gasteiger partial charge is 0.417 e. The normalized spacial score (nSPS) is 14.6. The van der Waals surface area contributed by atoms with E-state index in [1.54, 1.807) is 18.5 Å². The first-order chi connectivity index (χ1) is 15.2. The van der Waals surface area contributed by atoms with Gasteiger partial charge in [0.15, 0.2) is 5.75 Å². The standard InChI is InChI=1S/C19H13Cl2F3N6O2/c20-13-3-1-10(5-12(13)19(22,23)24)27-18(31)28-15-4-2-11(6-14(15)21)32-30-9-25-7-16-17(30)8-26-29-16/h1-9,26,29H,(H2,27,28,31). The van der Waals surface area contributed by atoms with Gasteiger partial charge in [-0.1, -0.05) is 23.2 Å². The van der Waals surface area contributed by atoms with Crippen LogP contribution in [0.1, 0.15) is 5.56 Å². The van der Waals surface area contributed by atoms with Gasteiger partial charge in [-0.3, -0.25) is 5.43 Å². The summed E-state index contributed by atoms with van der Waals surface area (Å²) in [5, 5.41) is 5.86. The Balaban J connectivity index is 1.41. The third-order valence-electron chi connectivity index (χ3n) is 4.23. The zero-order valence-electron chi connectivity index (χ0n) is 15.8. The van der Waals surface area contributed by atoms with Crippen molar-refractivity contribution in [2.24, 2.45) is 4.99 Å². The molecule has 32 heavy (non-hydrogen) atoms. The number of alkyl halides is 3. The number of nitrogens with zero attached hydrogens (tertiary/aromatic N) is 2. The van der Waals surface area contributed by atoms with Crippen LogP contribution in [0.25, 0.3) is 0 Å². The molecule has 0 fully saturated rings. The summed E-state index contributed by atoms with van der Waals surface area (Å²) in [5.41, 5.74) is 6.19. The molecule has 13 heteroatoms. The van der Waals surface area contributed by atoms with Gasteiger partial charge >= 0.3 is 12.2 Å². The van der Waals surface area contributed by atoms with Crippen molar-refractivity contribution < 1.29 is 22.8 Å². The van der Waals surface area contributed by atoms with Gasteiger partial charge in [-0.15, -0.1) is 0 Å². The molecule has 2 aliphatic rings. The number of fused-ring (bicyclic) bond motifs is 1. The minimum atomic E-state index is -4.65. The number of nitrogens with one attached hydrogen (secondary N) is 4. The number of halogens is 5. The number of hydrogen-bond donors (Lipinski definition) is 4. The summed E-state index contributed by atoms with van der Waals surface area (Å²) in [7, 11) is 0. The second-order valence-electron chi connectivity index (χ2n) is 6.44. The molecule has 166 valence electrons. The van der Waals surface area contributed by atoms with Gasteiger partial charge in [-0.2, -0.15) is 18.2 Å². The molecular formula is C19H13Cl2F3N6O2. The van der Waals surface area contributed by atoms with E-state index in [2.05, 4.69) is 26.5 Å². The van der Waals surface area contributed by atoms with E-state index in [0.717, 1.165) is 12.1 Å². The molecule has 0 unspecified atom stereocenters. The maximum atomic E-state index is 13.0. The Hall–Kier alpha value is -3.57. The van der Waals surface area contributed by atoms with Crippen molar-refractivity contribution in [1.29, 1.82) is 0 Å². The van der Waals surface area contributed by atoms with Gasteiger partial charge in [0, 0.05) is 18.0 Å².